The van der Waals surface area contributed by atoms with Gasteiger partial charge in [-0.25, -0.2) is 9.97 Å². The second-order valence-electron chi connectivity index (χ2n) is 14.9. The predicted molar refractivity (Wildman–Crippen MR) is 203 cm³/mol. The number of nitrogens with one attached hydrogen (secondary N) is 2. The summed E-state index contributed by atoms with van der Waals surface area (Å²) in [6.45, 7) is 7.09. The van der Waals surface area contributed by atoms with Crippen molar-refractivity contribution in [2.75, 3.05) is 36.9 Å². The Kier molecular flexibility index (Phi) is 9.95. The summed E-state index contributed by atoms with van der Waals surface area (Å²) in [4.78, 5) is 42.1. The highest BCUT2D eigenvalue weighted by Crippen LogP contribution is 2.38. The molecule has 2 aromatic heterocycles. The summed E-state index contributed by atoms with van der Waals surface area (Å²) in [7, 11) is 3.86. The van der Waals surface area contributed by atoms with Crippen molar-refractivity contribution in [3.63, 3.8) is 0 Å². The maximum Gasteiger partial charge on any atom is 0.291 e. The Morgan fingerprint density at radius 1 is 0.731 bits per heavy atom. The van der Waals surface area contributed by atoms with Crippen molar-refractivity contribution in [3.8, 4) is 11.1 Å². The molecule has 0 radical (unpaired) electrons. The van der Waals surface area contributed by atoms with Crippen LogP contribution >= 0.6 is 11.6 Å². The Hall–Kier alpha value is -4.03. The van der Waals surface area contributed by atoms with Gasteiger partial charge in [-0.15, -0.1) is 0 Å². The van der Waals surface area contributed by atoms with E-state index in [1.807, 2.05) is 66.6 Å². The van der Waals surface area contributed by atoms with E-state index in [1.165, 1.54) is 32.1 Å². The number of carbonyl (C=O) groups excluding carboxylic acids is 2. The molecule has 0 atom stereocenters. The number of rotatable bonds is 7. The van der Waals surface area contributed by atoms with Crippen LogP contribution in [0.4, 0.5) is 11.4 Å². The fourth-order valence-electron chi connectivity index (χ4n) is 8.88. The molecule has 11 nitrogen and oxygen atoms in total. The van der Waals surface area contributed by atoms with Crippen molar-refractivity contribution in [2.45, 2.75) is 89.9 Å². The molecule has 3 aliphatic heterocycles. The van der Waals surface area contributed by atoms with Gasteiger partial charge in [-0.2, -0.15) is 0 Å². The van der Waals surface area contributed by atoms with Crippen molar-refractivity contribution in [1.82, 2.24) is 28.9 Å². The Balaban J connectivity index is 0.974. The van der Waals surface area contributed by atoms with Crippen molar-refractivity contribution in [2.24, 2.45) is 14.1 Å². The monoisotopic (exact) mass is 724 g/mol. The summed E-state index contributed by atoms with van der Waals surface area (Å²) in [6.07, 6.45) is 10.3. The zero-order chi connectivity index (χ0) is 35.9. The number of halogens is 1. The van der Waals surface area contributed by atoms with Crippen LogP contribution in [-0.4, -0.2) is 79.1 Å². The molecular weight excluding hydrogens is 676 g/mol. The lowest BCUT2D eigenvalue weighted by molar-refractivity contribution is 0.0283. The van der Waals surface area contributed by atoms with Gasteiger partial charge < -0.3 is 24.5 Å². The summed E-state index contributed by atoms with van der Waals surface area (Å²) in [5.74, 6) is 0.266. The Morgan fingerprint density at radius 3 is 1.85 bits per heavy atom. The minimum Gasteiger partial charge on any atom is -0.381 e. The van der Waals surface area contributed by atoms with Crippen LogP contribution in [0.1, 0.15) is 94.5 Å². The smallest absolute Gasteiger partial charge is 0.291 e. The van der Waals surface area contributed by atoms with E-state index >= 15 is 0 Å². The minimum atomic E-state index is -0.286. The number of hydrogen-bond acceptors (Lipinski definition) is 7. The van der Waals surface area contributed by atoms with Crippen LogP contribution in [-0.2, 0) is 44.8 Å². The van der Waals surface area contributed by atoms with Crippen LogP contribution in [0, 0.1) is 6.92 Å². The van der Waals surface area contributed by atoms with Gasteiger partial charge in [0.05, 0.1) is 22.1 Å². The number of imidazole rings is 2. The highest BCUT2D eigenvalue weighted by atomic mass is 35.5. The average molecular weight is 725 g/mol. The van der Waals surface area contributed by atoms with E-state index in [0.717, 1.165) is 105 Å². The molecule has 274 valence electrons. The van der Waals surface area contributed by atoms with E-state index in [2.05, 4.69) is 20.4 Å². The van der Waals surface area contributed by atoms with Crippen LogP contribution in [0.3, 0.4) is 0 Å². The van der Waals surface area contributed by atoms with E-state index in [4.69, 9.17) is 26.3 Å². The summed E-state index contributed by atoms with van der Waals surface area (Å²) >= 11 is 7.03. The number of nitrogens with zero attached hydrogens (tertiary/aromatic N) is 6. The van der Waals surface area contributed by atoms with Crippen LogP contribution in [0.15, 0.2) is 36.4 Å². The van der Waals surface area contributed by atoms with Gasteiger partial charge in [0.25, 0.3) is 11.8 Å². The minimum absolute atomic E-state index is 0.249. The van der Waals surface area contributed by atoms with Crippen molar-refractivity contribution >= 4 is 34.8 Å². The van der Waals surface area contributed by atoms with Crippen molar-refractivity contribution in [3.05, 3.63) is 81.4 Å². The first-order chi connectivity index (χ1) is 25.3. The van der Waals surface area contributed by atoms with E-state index in [-0.39, 0.29) is 11.8 Å². The van der Waals surface area contributed by atoms with Crippen LogP contribution in [0.2, 0.25) is 5.02 Å². The molecule has 1 aliphatic carbocycles. The molecule has 2 aromatic carbocycles. The van der Waals surface area contributed by atoms with Gasteiger partial charge >= 0.3 is 0 Å². The number of amides is 2. The second-order valence-corrected chi connectivity index (χ2v) is 15.3. The first kappa shape index (κ1) is 35.0. The number of ether oxygens (including phenoxy) is 1. The Bertz CT molecular complexity index is 1850. The van der Waals surface area contributed by atoms with Gasteiger partial charge in [-0.05, 0) is 55.9 Å². The van der Waals surface area contributed by atoms with Gasteiger partial charge in [0.2, 0.25) is 0 Å². The quantitative estimate of drug-likeness (QED) is 0.224. The molecule has 2 amide bonds. The van der Waals surface area contributed by atoms with Crippen LogP contribution in [0.5, 0.6) is 0 Å². The highest BCUT2D eigenvalue weighted by Gasteiger charge is 2.32. The molecule has 2 N–H and O–H groups in total. The summed E-state index contributed by atoms with van der Waals surface area (Å²) < 4.78 is 9.45. The Morgan fingerprint density at radius 2 is 1.25 bits per heavy atom. The largest absolute Gasteiger partial charge is 0.381 e. The van der Waals surface area contributed by atoms with Gasteiger partial charge in [0, 0.05) is 101 Å². The molecule has 5 heterocycles. The lowest BCUT2D eigenvalue weighted by Gasteiger charge is -2.36. The predicted octanol–water partition coefficient (Wildman–Crippen LogP) is 6.51. The lowest BCUT2D eigenvalue weighted by atomic mass is 9.93. The number of benzene rings is 2. The van der Waals surface area contributed by atoms with E-state index in [1.54, 1.807) is 0 Å². The molecule has 2 fully saturated rings. The maximum absolute atomic E-state index is 13.7. The van der Waals surface area contributed by atoms with Gasteiger partial charge in [0.15, 0.2) is 11.6 Å². The number of hydrogen-bond donors (Lipinski definition) is 2. The Labute approximate surface area is 310 Å². The number of aromatic nitrogens is 4. The molecule has 0 bridgehead atoms. The van der Waals surface area contributed by atoms with E-state index < -0.39 is 0 Å². The molecule has 52 heavy (non-hydrogen) atoms. The summed E-state index contributed by atoms with van der Waals surface area (Å²) in [5.41, 5.74) is 7.91. The van der Waals surface area contributed by atoms with Gasteiger partial charge in [0.1, 0.15) is 0 Å². The number of anilines is 2. The van der Waals surface area contributed by atoms with Crippen molar-refractivity contribution in [1.29, 1.82) is 0 Å². The second kappa shape index (κ2) is 14.8. The molecule has 12 heteroatoms. The first-order valence-electron chi connectivity index (χ1n) is 18.9. The fourth-order valence-corrected chi connectivity index (χ4v) is 9.15. The SMILES string of the molecule is Cc1c(NC(=O)c2nc3c(n2C)CCN(C2CCOCC2)C3)cccc1-c1cccc(NC(=O)c2nc3c(n2C)CCN(C2CCCCC2)C3)c1Cl. The summed E-state index contributed by atoms with van der Waals surface area (Å²) in [5, 5.41) is 6.59. The zero-order valence-corrected chi connectivity index (χ0v) is 31.3. The van der Waals surface area contributed by atoms with E-state index in [9.17, 15) is 9.59 Å². The van der Waals surface area contributed by atoms with Crippen LogP contribution < -0.4 is 10.6 Å². The molecule has 8 rings (SSSR count). The van der Waals surface area contributed by atoms with E-state index in [0.29, 0.717) is 40.1 Å². The zero-order valence-electron chi connectivity index (χ0n) is 30.5. The summed E-state index contributed by atoms with van der Waals surface area (Å²) in [6, 6.07) is 12.5. The highest BCUT2D eigenvalue weighted by molar-refractivity contribution is 6.36. The maximum atomic E-state index is 13.7. The van der Waals surface area contributed by atoms with Gasteiger partial charge in [-0.1, -0.05) is 55.1 Å². The third-order valence-electron chi connectivity index (χ3n) is 11.9. The molecule has 4 aliphatic rings. The van der Waals surface area contributed by atoms with Crippen LogP contribution in [0.25, 0.3) is 11.1 Å². The topological polar surface area (TPSA) is 110 Å². The molecule has 0 spiro atoms. The van der Waals surface area contributed by atoms with Gasteiger partial charge in [-0.3, -0.25) is 19.4 Å². The molecular formula is C40H49ClN8O3. The number of carbonyl (C=O) groups is 2. The van der Waals surface area contributed by atoms with Crippen molar-refractivity contribution < 1.29 is 14.3 Å². The fraction of sp³-hybridized carbons (Fsp3) is 0.500. The number of fused-ring (bicyclic) bond motifs is 2. The standard InChI is InChI=1S/C40H49ClN8O3/c1-25-28(11-7-13-30(25)44-39(50)37-42-33-24-49(20-16-35(33)46(37)2)27-17-21-52-22-18-27)29-12-8-14-31(36(29)41)45-40(51)38-43-32-23-48(19-15-34(32)47(38)3)26-9-5-4-6-10-26/h7-8,11-14,26-27H,4-6,9-10,15-24H2,1-3H3,(H,44,50)(H,45,51). The molecule has 4 aromatic rings. The molecule has 0 unspecified atom stereocenters. The molecule has 1 saturated heterocycles. The normalized spacial score (nSPS) is 18.9. The third kappa shape index (κ3) is 6.68. The first-order valence-corrected chi connectivity index (χ1v) is 19.3. The average Bonchev–Trinajstić information content (AvgIpc) is 3.69. The lowest BCUT2D eigenvalue weighted by Crippen LogP contribution is -2.42. The molecule has 1 saturated carbocycles. The third-order valence-corrected chi connectivity index (χ3v) is 12.3.